The molecule has 0 atom stereocenters. The van der Waals surface area contributed by atoms with Crippen molar-refractivity contribution in [3.8, 4) is 15.5 Å². The van der Waals surface area contributed by atoms with Gasteiger partial charge >= 0.3 is 6.16 Å². The van der Waals surface area contributed by atoms with E-state index >= 15 is 0 Å². The zero-order chi connectivity index (χ0) is 21.1. The fourth-order valence-electron chi connectivity index (χ4n) is 3.24. The Kier molecular flexibility index (Phi) is 6.03. The number of anilines is 1. The van der Waals surface area contributed by atoms with E-state index in [2.05, 4.69) is 0 Å². The summed E-state index contributed by atoms with van der Waals surface area (Å²) in [5.41, 5.74) is 3.92. The predicted octanol–water partition coefficient (Wildman–Crippen LogP) is 6.14. The number of carboxylic acid groups (broad SMARTS) is 1. The van der Waals surface area contributed by atoms with Gasteiger partial charge in [0.25, 0.3) is 5.91 Å². The summed E-state index contributed by atoms with van der Waals surface area (Å²) < 4.78 is 5.06. The van der Waals surface area contributed by atoms with Crippen molar-refractivity contribution in [2.24, 2.45) is 0 Å². The van der Waals surface area contributed by atoms with Crippen LogP contribution in [0.15, 0.2) is 54.6 Å². The average Bonchev–Trinajstić information content (AvgIpc) is 3.05. The maximum absolute atomic E-state index is 13.4. The molecule has 1 aromatic heterocycles. The quantitative estimate of drug-likeness (QED) is 0.514. The number of aryl methyl sites for hydroxylation is 2. The van der Waals surface area contributed by atoms with E-state index in [1.54, 1.807) is 4.90 Å². The Labute approximate surface area is 174 Å². The Morgan fingerprint density at radius 3 is 2.31 bits per heavy atom. The first kappa shape index (κ1) is 20.6. The average molecular weight is 410 g/mol. The van der Waals surface area contributed by atoms with Crippen LogP contribution in [0, 0.1) is 13.8 Å². The van der Waals surface area contributed by atoms with E-state index in [1.807, 2.05) is 82.3 Å². The molecule has 0 fully saturated rings. The summed E-state index contributed by atoms with van der Waals surface area (Å²) in [6, 6.07) is 16.9. The number of benzene rings is 2. The summed E-state index contributed by atoms with van der Waals surface area (Å²) in [5.74, 6) is -0.190. The highest BCUT2D eigenvalue weighted by molar-refractivity contribution is 7.18. The fourth-order valence-corrected chi connectivity index (χ4v) is 4.23. The summed E-state index contributed by atoms with van der Waals surface area (Å²) >= 11 is 1.21. The number of thiophene rings is 1. The highest BCUT2D eigenvalue weighted by Gasteiger charge is 2.28. The molecule has 29 heavy (non-hydrogen) atoms. The lowest BCUT2D eigenvalue weighted by molar-refractivity contribution is 0.0977. The molecule has 6 heteroatoms. The van der Waals surface area contributed by atoms with Crippen LogP contribution < -0.4 is 9.64 Å². The van der Waals surface area contributed by atoms with Crippen molar-refractivity contribution in [1.82, 2.24) is 0 Å². The number of rotatable bonds is 5. The van der Waals surface area contributed by atoms with Gasteiger partial charge in [-0.3, -0.25) is 4.79 Å². The molecule has 0 aliphatic rings. The van der Waals surface area contributed by atoms with Crippen LogP contribution in [0.1, 0.15) is 35.3 Å². The molecular weight excluding hydrogens is 386 g/mol. The number of ether oxygens (including phenoxy) is 1. The van der Waals surface area contributed by atoms with E-state index in [4.69, 9.17) is 4.74 Å². The highest BCUT2D eigenvalue weighted by Crippen LogP contribution is 2.44. The van der Waals surface area contributed by atoms with Crippen LogP contribution in [0.5, 0.6) is 5.06 Å². The summed E-state index contributed by atoms with van der Waals surface area (Å²) in [7, 11) is 0. The van der Waals surface area contributed by atoms with Crippen LogP contribution in [0.25, 0.3) is 10.4 Å². The van der Waals surface area contributed by atoms with Crippen molar-refractivity contribution in [2.75, 3.05) is 4.90 Å². The van der Waals surface area contributed by atoms with Crippen molar-refractivity contribution in [1.29, 1.82) is 0 Å². The van der Waals surface area contributed by atoms with E-state index < -0.39 is 6.16 Å². The molecule has 0 unspecified atom stereocenters. The van der Waals surface area contributed by atoms with E-state index in [-0.39, 0.29) is 17.0 Å². The summed E-state index contributed by atoms with van der Waals surface area (Å²) in [6.07, 6.45) is -1.41. The van der Waals surface area contributed by atoms with Gasteiger partial charge in [0.05, 0.1) is 5.69 Å². The monoisotopic (exact) mass is 409 g/mol. The van der Waals surface area contributed by atoms with Crippen molar-refractivity contribution in [3.63, 3.8) is 0 Å². The van der Waals surface area contributed by atoms with Gasteiger partial charge in [-0.05, 0) is 51.0 Å². The Hall–Kier alpha value is -3.12. The zero-order valence-electron chi connectivity index (χ0n) is 16.8. The van der Waals surface area contributed by atoms with E-state index in [0.29, 0.717) is 11.3 Å². The van der Waals surface area contributed by atoms with Crippen molar-refractivity contribution >= 4 is 29.1 Å². The Balaban J connectivity index is 2.11. The van der Waals surface area contributed by atoms with Gasteiger partial charge in [-0.15, -0.1) is 0 Å². The minimum atomic E-state index is -1.41. The van der Waals surface area contributed by atoms with Crippen molar-refractivity contribution in [3.05, 3.63) is 71.3 Å². The lowest BCUT2D eigenvalue weighted by Gasteiger charge is -2.27. The van der Waals surface area contributed by atoms with Crippen LogP contribution in [-0.4, -0.2) is 23.2 Å². The molecule has 0 saturated heterocycles. The standard InChI is InChI=1S/C23H23NO4S/c1-14(2)24(21(25)18-11-10-15(3)12-16(18)4)19-13-20(17-8-6-5-7-9-17)29-22(19)28-23(26)27/h5-14H,1-4H3,(H,26,27). The van der Waals surface area contributed by atoms with E-state index in [9.17, 15) is 14.7 Å². The van der Waals surface area contributed by atoms with Crippen LogP contribution >= 0.6 is 11.3 Å². The number of hydrogen-bond donors (Lipinski definition) is 1. The first-order chi connectivity index (χ1) is 13.8. The van der Waals surface area contributed by atoms with Crippen LogP contribution in [-0.2, 0) is 0 Å². The van der Waals surface area contributed by atoms with Gasteiger partial charge in [0, 0.05) is 16.5 Å². The maximum Gasteiger partial charge on any atom is 0.512 e. The van der Waals surface area contributed by atoms with Gasteiger partial charge in [-0.2, -0.15) is 0 Å². The number of amides is 1. The zero-order valence-corrected chi connectivity index (χ0v) is 17.6. The SMILES string of the molecule is Cc1ccc(C(=O)N(c2cc(-c3ccccc3)sc2OC(=O)O)C(C)C)c(C)c1. The molecule has 1 N–H and O–H groups in total. The third-order valence-corrected chi connectivity index (χ3v) is 5.58. The molecule has 3 rings (SSSR count). The van der Waals surface area contributed by atoms with Crippen molar-refractivity contribution in [2.45, 2.75) is 33.7 Å². The molecule has 1 heterocycles. The van der Waals surface area contributed by atoms with Crippen molar-refractivity contribution < 1.29 is 19.4 Å². The largest absolute Gasteiger partial charge is 0.512 e. The van der Waals surface area contributed by atoms with E-state index in [0.717, 1.165) is 21.6 Å². The van der Waals surface area contributed by atoms with Crippen LogP contribution in [0.4, 0.5) is 10.5 Å². The lowest BCUT2D eigenvalue weighted by Crippen LogP contribution is -2.37. The highest BCUT2D eigenvalue weighted by atomic mass is 32.1. The van der Waals surface area contributed by atoms with Gasteiger partial charge in [-0.25, -0.2) is 4.79 Å². The molecule has 2 aromatic carbocycles. The topological polar surface area (TPSA) is 66.8 Å². The second kappa shape index (κ2) is 8.49. The molecule has 3 aromatic rings. The molecule has 0 saturated carbocycles. The normalized spacial score (nSPS) is 10.8. The first-order valence-electron chi connectivity index (χ1n) is 9.28. The van der Waals surface area contributed by atoms with E-state index in [1.165, 1.54) is 11.3 Å². The second-order valence-corrected chi connectivity index (χ2v) is 8.12. The summed E-state index contributed by atoms with van der Waals surface area (Å²) in [6.45, 7) is 7.67. The Morgan fingerprint density at radius 2 is 1.72 bits per heavy atom. The first-order valence-corrected chi connectivity index (χ1v) is 10.1. The molecule has 150 valence electrons. The number of nitrogens with zero attached hydrogens (tertiary/aromatic N) is 1. The smallest absolute Gasteiger partial charge is 0.449 e. The Morgan fingerprint density at radius 1 is 1.03 bits per heavy atom. The summed E-state index contributed by atoms with van der Waals surface area (Å²) in [5, 5.41) is 9.39. The minimum Gasteiger partial charge on any atom is -0.449 e. The van der Waals surface area contributed by atoms with Crippen LogP contribution in [0.3, 0.4) is 0 Å². The van der Waals surface area contributed by atoms with Gasteiger partial charge in [0.1, 0.15) is 0 Å². The third-order valence-electron chi connectivity index (χ3n) is 4.52. The molecule has 0 aliphatic heterocycles. The Bertz CT molecular complexity index is 1040. The number of hydrogen-bond acceptors (Lipinski definition) is 4. The molecule has 5 nitrogen and oxygen atoms in total. The second-order valence-electron chi connectivity index (χ2n) is 7.10. The van der Waals surface area contributed by atoms with Gasteiger partial charge in [0.2, 0.25) is 5.06 Å². The lowest BCUT2D eigenvalue weighted by atomic mass is 10.0. The predicted molar refractivity (Wildman–Crippen MR) is 116 cm³/mol. The molecule has 0 spiro atoms. The molecular formula is C23H23NO4S. The third kappa shape index (κ3) is 4.49. The molecule has 0 aliphatic carbocycles. The number of carbonyl (C=O) groups excluding carboxylic acids is 1. The van der Waals surface area contributed by atoms with Gasteiger partial charge in [-0.1, -0.05) is 59.4 Å². The fraction of sp³-hybridized carbons (Fsp3) is 0.217. The maximum atomic E-state index is 13.4. The minimum absolute atomic E-state index is 0.183. The summed E-state index contributed by atoms with van der Waals surface area (Å²) in [4.78, 5) is 27.1. The van der Waals surface area contributed by atoms with Gasteiger partial charge in [0.15, 0.2) is 0 Å². The molecule has 1 amide bonds. The molecule has 0 radical (unpaired) electrons. The molecule has 0 bridgehead atoms. The van der Waals surface area contributed by atoms with Crippen LogP contribution in [0.2, 0.25) is 0 Å². The number of carbonyl (C=O) groups is 2. The van der Waals surface area contributed by atoms with Gasteiger partial charge < -0.3 is 14.7 Å².